The van der Waals surface area contributed by atoms with E-state index in [1.54, 1.807) is 13.8 Å². The second-order valence-corrected chi connectivity index (χ2v) is 3.97. The number of phenolic OH excluding ortho intramolecular Hbond substituents is 1. The van der Waals surface area contributed by atoms with Crippen LogP contribution in [0.15, 0.2) is 12.1 Å². The SMILES string of the molecule is Cc1cc(C(=O)C(=O)C(C)C)c(F)cc1O. The smallest absolute Gasteiger partial charge is 0.231 e. The molecule has 0 aliphatic heterocycles. The number of ketones is 2. The van der Waals surface area contributed by atoms with E-state index in [4.69, 9.17) is 0 Å². The molecule has 4 heteroatoms. The summed E-state index contributed by atoms with van der Waals surface area (Å²) in [6, 6.07) is 2.03. The summed E-state index contributed by atoms with van der Waals surface area (Å²) >= 11 is 0. The van der Waals surface area contributed by atoms with Crippen LogP contribution < -0.4 is 0 Å². The number of carbonyl (C=O) groups is 2. The van der Waals surface area contributed by atoms with E-state index in [2.05, 4.69) is 0 Å². The van der Waals surface area contributed by atoms with E-state index in [1.807, 2.05) is 0 Å². The number of Topliss-reactive ketones (excluding diaryl/α,β-unsaturated/α-hetero) is 2. The van der Waals surface area contributed by atoms with Crippen LogP contribution in [0.3, 0.4) is 0 Å². The molecule has 1 rings (SSSR count). The molecule has 0 bridgehead atoms. The summed E-state index contributed by atoms with van der Waals surface area (Å²) in [6.45, 7) is 4.68. The van der Waals surface area contributed by atoms with E-state index in [-0.39, 0.29) is 11.3 Å². The Morgan fingerprint density at radius 3 is 2.38 bits per heavy atom. The quantitative estimate of drug-likeness (QED) is 0.632. The lowest BCUT2D eigenvalue weighted by Crippen LogP contribution is -2.21. The maximum Gasteiger partial charge on any atom is 0.231 e. The van der Waals surface area contributed by atoms with E-state index in [9.17, 15) is 19.1 Å². The van der Waals surface area contributed by atoms with Gasteiger partial charge in [0.05, 0.1) is 5.56 Å². The van der Waals surface area contributed by atoms with Crippen molar-refractivity contribution in [1.29, 1.82) is 0 Å². The number of rotatable bonds is 3. The molecule has 0 heterocycles. The average molecular weight is 224 g/mol. The summed E-state index contributed by atoms with van der Waals surface area (Å²) in [5, 5.41) is 9.22. The van der Waals surface area contributed by atoms with Gasteiger partial charge < -0.3 is 5.11 Å². The second-order valence-electron chi connectivity index (χ2n) is 3.97. The van der Waals surface area contributed by atoms with Gasteiger partial charge in [-0.15, -0.1) is 0 Å². The first-order valence-corrected chi connectivity index (χ1v) is 4.92. The third kappa shape index (κ3) is 2.27. The Morgan fingerprint density at radius 1 is 1.31 bits per heavy atom. The van der Waals surface area contributed by atoms with Crippen molar-refractivity contribution in [3.8, 4) is 5.75 Å². The van der Waals surface area contributed by atoms with Crippen molar-refractivity contribution in [2.24, 2.45) is 5.92 Å². The highest BCUT2D eigenvalue weighted by Crippen LogP contribution is 2.21. The molecular formula is C12H13FO3. The van der Waals surface area contributed by atoms with Gasteiger partial charge in [0.25, 0.3) is 0 Å². The van der Waals surface area contributed by atoms with Crippen LogP contribution >= 0.6 is 0 Å². The average Bonchev–Trinajstić information content (AvgIpc) is 2.21. The van der Waals surface area contributed by atoms with E-state index < -0.39 is 23.3 Å². The molecule has 3 nitrogen and oxygen atoms in total. The van der Waals surface area contributed by atoms with Gasteiger partial charge in [0.15, 0.2) is 0 Å². The predicted octanol–water partition coefficient (Wildman–Crippen LogP) is 2.25. The Bertz CT molecular complexity index is 450. The molecule has 0 spiro atoms. The zero-order valence-electron chi connectivity index (χ0n) is 9.37. The van der Waals surface area contributed by atoms with Crippen LogP contribution in [0.5, 0.6) is 5.75 Å². The minimum atomic E-state index is -0.873. The number of hydrogen-bond donors (Lipinski definition) is 1. The number of carbonyl (C=O) groups excluding carboxylic acids is 2. The first-order chi connectivity index (χ1) is 7.34. The maximum atomic E-state index is 13.4. The van der Waals surface area contributed by atoms with Crippen molar-refractivity contribution in [2.45, 2.75) is 20.8 Å². The van der Waals surface area contributed by atoms with E-state index in [0.29, 0.717) is 5.56 Å². The van der Waals surface area contributed by atoms with Crippen LogP contribution in [-0.2, 0) is 4.79 Å². The number of aromatic hydroxyl groups is 1. The Kier molecular flexibility index (Phi) is 3.42. The van der Waals surface area contributed by atoms with Crippen LogP contribution in [-0.4, -0.2) is 16.7 Å². The Balaban J connectivity index is 3.19. The summed E-state index contributed by atoms with van der Waals surface area (Å²) in [7, 11) is 0. The summed E-state index contributed by atoms with van der Waals surface area (Å²) < 4.78 is 13.4. The Hall–Kier alpha value is -1.71. The van der Waals surface area contributed by atoms with Gasteiger partial charge in [-0.25, -0.2) is 4.39 Å². The van der Waals surface area contributed by atoms with E-state index in [1.165, 1.54) is 13.0 Å². The molecule has 0 fully saturated rings. The summed E-state index contributed by atoms with van der Waals surface area (Å²) in [5.74, 6) is -3.06. The molecule has 0 aliphatic carbocycles. The van der Waals surface area contributed by atoms with Crippen molar-refractivity contribution < 1.29 is 19.1 Å². The minimum absolute atomic E-state index is 0.231. The van der Waals surface area contributed by atoms with Crippen LogP contribution in [0.25, 0.3) is 0 Å². The van der Waals surface area contributed by atoms with Crippen molar-refractivity contribution in [3.63, 3.8) is 0 Å². The first kappa shape index (κ1) is 12.4. The highest BCUT2D eigenvalue weighted by molar-refractivity contribution is 6.44. The number of phenols is 1. The minimum Gasteiger partial charge on any atom is -0.508 e. The van der Waals surface area contributed by atoms with Crippen molar-refractivity contribution in [3.05, 3.63) is 29.1 Å². The fourth-order valence-electron chi connectivity index (χ4n) is 1.24. The fourth-order valence-corrected chi connectivity index (χ4v) is 1.24. The lowest BCUT2D eigenvalue weighted by Gasteiger charge is -2.06. The highest BCUT2D eigenvalue weighted by atomic mass is 19.1. The fraction of sp³-hybridized carbons (Fsp3) is 0.333. The molecular weight excluding hydrogens is 211 g/mol. The molecule has 16 heavy (non-hydrogen) atoms. The van der Waals surface area contributed by atoms with Gasteiger partial charge in [0.2, 0.25) is 11.6 Å². The van der Waals surface area contributed by atoms with Crippen molar-refractivity contribution in [1.82, 2.24) is 0 Å². The van der Waals surface area contributed by atoms with Crippen LogP contribution in [0.1, 0.15) is 29.8 Å². The van der Waals surface area contributed by atoms with Gasteiger partial charge in [-0.3, -0.25) is 9.59 Å². The van der Waals surface area contributed by atoms with Gasteiger partial charge in [0.1, 0.15) is 11.6 Å². The maximum absolute atomic E-state index is 13.4. The molecule has 0 atom stereocenters. The van der Waals surface area contributed by atoms with Gasteiger partial charge in [-0.2, -0.15) is 0 Å². The highest BCUT2D eigenvalue weighted by Gasteiger charge is 2.23. The number of benzene rings is 1. The second kappa shape index (κ2) is 4.43. The lowest BCUT2D eigenvalue weighted by molar-refractivity contribution is -0.117. The molecule has 1 N–H and O–H groups in total. The molecule has 0 aromatic heterocycles. The van der Waals surface area contributed by atoms with Gasteiger partial charge >= 0.3 is 0 Å². The molecule has 0 saturated carbocycles. The number of aryl methyl sites for hydroxylation is 1. The molecule has 0 saturated heterocycles. The molecule has 1 aromatic carbocycles. The lowest BCUT2D eigenvalue weighted by atomic mass is 9.98. The number of hydrogen-bond acceptors (Lipinski definition) is 3. The Labute approximate surface area is 92.9 Å². The van der Waals surface area contributed by atoms with E-state index in [0.717, 1.165) is 6.07 Å². The summed E-state index contributed by atoms with van der Waals surface area (Å²) in [4.78, 5) is 23.0. The largest absolute Gasteiger partial charge is 0.508 e. The zero-order chi connectivity index (χ0) is 12.5. The number of halogens is 1. The zero-order valence-corrected chi connectivity index (χ0v) is 9.37. The molecule has 0 amide bonds. The molecule has 0 unspecified atom stereocenters. The molecule has 86 valence electrons. The van der Waals surface area contributed by atoms with Gasteiger partial charge in [-0.1, -0.05) is 13.8 Å². The van der Waals surface area contributed by atoms with Crippen LogP contribution in [0.2, 0.25) is 0 Å². The normalized spacial score (nSPS) is 10.6. The van der Waals surface area contributed by atoms with E-state index >= 15 is 0 Å². The topological polar surface area (TPSA) is 54.4 Å². The summed E-state index contributed by atoms with van der Waals surface area (Å²) in [5.41, 5.74) is 0.0790. The van der Waals surface area contributed by atoms with Gasteiger partial charge in [0, 0.05) is 12.0 Å². The van der Waals surface area contributed by atoms with Crippen molar-refractivity contribution in [2.75, 3.05) is 0 Å². The van der Waals surface area contributed by atoms with Crippen molar-refractivity contribution >= 4 is 11.6 Å². The molecule has 0 radical (unpaired) electrons. The van der Waals surface area contributed by atoms with Gasteiger partial charge in [-0.05, 0) is 18.6 Å². The molecule has 0 aliphatic rings. The third-order valence-electron chi connectivity index (χ3n) is 2.28. The predicted molar refractivity (Wildman–Crippen MR) is 57.0 cm³/mol. The monoisotopic (exact) mass is 224 g/mol. The standard InChI is InChI=1S/C12H13FO3/c1-6(2)11(15)12(16)8-4-7(3)10(14)5-9(8)13/h4-6,14H,1-3H3. The molecule has 1 aromatic rings. The Morgan fingerprint density at radius 2 is 1.88 bits per heavy atom. The third-order valence-corrected chi connectivity index (χ3v) is 2.28. The first-order valence-electron chi connectivity index (χ1n) is 4.92. The summed E-state index contributed by atoms with van der Waals surface area (Å²) in [6.07, 6.45) is 0. The van der Waals surface area contributed by atoms with Crippen LogP contribution in [0.4, 0.5) is 4.39 Å². The van der Waals surface area contributed by atoms with Crippen LogP contribution in [0, 0.1) is 18.7 Å².